The van der Waals surface area contributed by atoms with Crippen molar-refractivity contribution in [2.45, 2.75) is 26.3 Å². The fourth-order valence-electron chi connectivity index (χ4n) is 2.99. The number of aromatic nitrogens is 2. The number of halogens is 1. The van der Waals surface area contributed by atoms with E-state index in [9.17, 15) is 0 Å². The average molecular weight is 413 g/mol. The lowest BCUT2D eigenvalue weighted by Gasteiger charge is -2.31. The van der Waals surface area contributed by atoms with Gasteiger partial charge in [0.2, 0.25) is 0 Å². The Morgan fingerprint density at radius 1 is 1.41 bits per heavy atom. The Labute approximate surface area is 148 Å². The number of para-hydroxylation sites is 2. The zero-order valence-corrected chi connectivity index (χ0v) is 15.5. The summed E-state index contributed by atoms with van der Waals surface area (Å²) < 4.78 is 2.09. The Hall–Kier alpha value is -1.31. The van der Waals surface area contributed by atoms with Crippen molar-refractivity contribution in [3.63, 3.8) is 0 Å². The summed E-state index contributed by atoms with van der Waals surface area (Å²) in [5, 5.41) is 0. The Morgan fingerprint density at radius 3 is 2.91 bits per heavy atom. The number of hydrogen-bond acceptors (Lipinski definition) is 2. The molecule has 120 valence electrons. The SMILES string of the molecule is CC1CCCN(C(N)=NCc2nc3ccccc3n2C)C1.I. The first-order valence-corrected chi connectivity index (χ1v) is 7.60. The number of rotatable bonds is 2. The second-order valence-electron chi connectivity index (χ2n) is 5.94. The van der Waals surface area contributed by atoms with Gasteiger partial charge in [0.05, 0.1) is 11.0 Å². The molecule has 2 aromatic rings. The van der Waals surface area contributed by atoms with E-state index in [2.05, 4.69) is 32.4 Å². The topological polar surface area (TPSA) is 59.4 Å². The first kappa shape index (κ1) is 17.1. The summed E-state index contributed by atoms with van der Waals surface area (Å²) >= 11 is 0. The minimum Gasteiger partial charge on any atom is -0.370 e. The molecule has 22 heavy (non-hydrogen) atoms. The quantitative estimate of drug-likeness (QED) is 0.468. The van der Waals surface area contributed by atoms with Crippen LogP contribution >= 0.6 is 24.0 Å². The number of guanidine groups is 1. The molecule has 0 aliphatic carbocycles. The third-order valence-electron chi connectivity index (χ3n) is 4.24. The molecule has 6 heteroatoms. The number of likely N-dealkylation sites (tertiary alicyclic amines) is 1. The third-order valence-corrected chi connectivity index (χ3v) is 4.24. The highest BCUT2D eigenvalue weighted by Crippen LogP contribution is 2.16. The van der Waals surface area contributed by atoms with Crippen LogP contribution in [0.1, 0.15) is 25.6 Å². The fraction of sp³-hybridized carbons (Fsp3) is 0.500. The van der Waals surface area contributed by atoms with Crippen molar-refractivity contribution >= 4 is 41.0 Å². The van der Waals surface area contributed by atoms with Crippen molar-refractivity contribution in [1.82, 2.24) is 14.5 Å². The molecular formula is C16H24IN5. The second-order valence-corrected chi connectivity index (χ2v) is 5.94. The third kappa shape index (κ3) is 3.53. The Bertz CT molecular complexity index is 664. The maximum atomic E-state index is 6.14. The van der Waals surface area contributed by atoms with E-state index in [1.807, 2.05) is 25.2 Å². The molecule has 1 aromatic carbocycles. The summed E-state index contributed by atoms with van der Waals surface area (Å²) in [7, 11) is 2.03. The number of piperidine rings is 1. The van der Waals surface area contributed by atoms with Gasteiger partial charge in [-0.1, -0.05) is 19.1 Å². The monoisotopic (exact) mass is 413 g/mol. The predicted molar refractivity (Wildman–Crippen MR) is 101 cm³/mol. The molecule has 1 aliphatic heterocycles. The lowest BCUT2D eigenvalue weighted by molar-refractivity contribution is 0.270. The number of aliphatic imine (C=N–C) groups is 1. The van der Waals surface area contributed by atoms with Crippen LogP contribution in [-0.2, 0) is 13.6 Å². The van der Waals surface area contributed by atoms with Crippen LogP contribution in [0.4, 0.5) is 0 Å². The maximum Gasteiger partial charge on any atom is 0.191 e. The first-order chi connectivity index (χ1) is 10.1. The summed E-state index contributed by atoms with van der Waals surface area (Å²) in [5.74, 6) is 2.29. The number of nitrogens with zero attached hydrogens (tertiary/aromatic N) is 4. The van der Waals surface area contributed by atoms with Crippen LogP contribution in [0, 0.1) is 5.92 Å². The maximum absolute atomic E-state index is 6.14. The number of nitrogens with two attached hydrogens (primary N) is 1. The highest BCUT2D eigenvalue weighted by atomic mass is 127. The molecule has 1 atom stereocenters. The van der Waals surface area contributed by atoms with Crippen LogP contribution in [0.15, 0.2) is 29.3 Å². The van der Waals surface area contributed by atoms with Crippen LogP contribution in [0.25, 0.3) is 11.0 Å². The Balaban J connectivity index is 0.00000176. The van der Waals surface area contributed by atoms with Gasteiger partial charge in [-0.15, -0.1) is 24.0 Å². The first-order valence-electron chi connectivity index (χ1n) is 7.60. The van der Waals surface area contributed by atoms with Crippen molar-refractivity contribution in [3.8, 4) is 0 Å². The lowest BCUT2D eigenvalue weighted by atomic mass is 10.0. The van der Waals surface area contributed by atoms with E-state index in [0.29, 0.717) is 18.4 Å². The van der Waals surface area contributed by atoms with Gasteiger partial charge < -0.3 is 15.2 Å². The van der Waals surface area contributed by atoms with Crippen molar-refractivity contribution in [2.24, 2.45) is 23.7 Å². The van der Waals surface area contributed by atoms with Crippen molar-refractivity contribution < 1.29 is 0 Å². The van der Waals surface area contributed by atoms with E-state index in [4.69, 9.17) is 5.73 Å². The zero-order valence-electron chi connectivity index (χ0n) is 13.2. The van der Waals surface area contributed by atoms with E-state index in [1.165, 1.54) is 12.8 Å². The molecule has 0 amide bonds. The number of benzene rings is 1. The average Bonchev–Trinajstić information content (AvgIpc) is 2.82. The molecule has 2 heterocycles. The summed E-state index contributed by atoms with van der Waals surface area (Å²) in [4.78, 5) is 11.4. The van der Waals surface area contributed by atoms with Gasteiger partial charge in [0.1, 0.15) is 12.4 Å². The number of fused-ring (bicyclic) bond motifs is 1. The molecule has 0 bridgehead atoms. The van der Waals surface area contributed by atoms with E-state index in [0.717, 1.165) is 29.9 Å². The number of aryl methyl sites for hydroxylation is 1. The van der Waals surface area contributed by atoms with Crippen LogP contribution in [-0.4, -0.2) is 33.5 Å². The van der Waals surface area contributed by atoms with Gasteiger partial charge in [-0.25, -0.2) is 9.98 Å². The van der Waals surface area contributed by atoms with Crippen LogP contribution < -0.4 is 5.73 Å². The summed E-state index contributed by atoms with van der Waals surface area (Å²) in [6, 6.07) is 8.13. The zero-order chi connectivity index (χ0) is 14.8. The van der Waals surface area contributed by atoms with E-state index in [-0.39, 0.29) is 24.0 Å². The van der Waals surface area contributed by atoms with Crippen LogP contribution in [0.3, 0.4) is 0 Å². The Morgan fingerprint density at radius 2 is 2.18 bits per heavy atom. The molecule has 3 rings (SSSR count). The van der Waals surface area contributed by atoms with Gasteiger partial charge >= 0.3 is 0 Å². The van der Waals surface area contributed by atoms with E-state index in [1.54, 1.807) is 0 Å². The second kappa shape index (κ2) is 7.30. The molecule has 0 radical (unpaired) electrons. The lowest BCUT2D eigenvalue weighted by Crippen LogP contribution is -2.43. The summed E-state index contributed by atoms with van der Waals surface area (Å²) in [6.07, 6.45) is 2.48. The van der Waals surface area contributed by atoms with Crippen molar-refractivity contribution in [3.05, 3.63) is 30.1 Å². The molecule has 2 N–H and O–H groups in total. The predicted octanol–water partition coefficient (Wildman–Crippen LogP) is 2.74. The summed E-state index contributed by atoms with van der Waals surface area (Å²) in [5.41, 5.74) is 8.28. The van der Waals surface area contributed by atoms with E-state index < -0.39 is 0 Å². The van der Waals surface area contributed by atoms with Gasteiger partial charge in [-0.05, 0) is 30.9 Å². The molecule has 5 nitrogen and oxygen atoms in total. The van der Waals surface area contributed by atoms with Crippen LogP contribution in [0.5, 0.6) is 0 Å². The molecule has 1 aliphatic rings. The Kier molecular flexibility index (Phi) is 5.66. The molecule has 1 fully saturated rings. The molecule has 1 aromatic heterocycles. The number of imidazole rings is 1. The highest BCUT2D eigenvalue weighted by Gasteiger charge is 2.17. The highest BCUT2D eigenvalue weighted by molar-refractivity contribution is 14.0. The molecule has 1 unspecified atom stereocenters. The fourth-order valence-corrected chi connectivity index (χ4v) is 2.99. The van der Waals surface area contributed by atoms with Crippen molar-refractivity contribution in [1.29, 1.82) is 0 Å². The normalized spacial score (nSPS) is 19.3. The molecule has 0 spiro atoms. The summed E-state index contributed by atoms with van der Waals surface area (Å²) in [6.45, 7) is 4.83. The minimum absolute atomic E-state index is 0. The van der Waals surface area contributed by atoms with E-state index >= 15 is 0 Å². The molecular weight excluding hydrogens is 389 g/mol. The van der Waals surface area contributed by atoms with Gasteiger partial charge in [0.15, 0.2) is 5.96 Å². The standard InChI is InChI=1S/C16H23N5.HI/c1-12-6-5-9-21(11-12)16(17)18-10-15-19-13-7-3-4-8-14(13)20(15)2;/h3-4,7-8,12H,5-6,9-11H2,1-2H3,(H2,17,18);1H. The largest absolute Gasteiger partial charge is 0.370 e. The van der Waals surface area contributed by atoms with Gasteiger partial charge in [-0.2, -0.15) is 0 Å². The van der Waals surface area contributed by atoms with Crippen molar-refractivity contribution in [2.75, 3.05) is 13.1 Å². The van der Waals surface area contributed by atoms with Gasteiger partial charge in [0.25, 0.3) is 0 Å². The van der Waals surface area contributed by atoms with Gasteiger partial charge in [-0.3, -0.25) is 0 Å². The minimum atomic E-state index is 0. The smallest absolute Gasteiger partial charge is 0.191 e. The molecule has 0 saturated carbocycles. The van der Waals surface area contributed by atoms with Gasteiger partial charge in [0, 0.05) is 20.1 Å². The molecule has 1 saturated heterocycles. The number of hydrogen-bond donors (Lipinski definition) is 1. The van der Waals surface area contributed by atoms with Crippen LogP contribution in [0.2, 0.25) is 0 Å².